The van der Waals surface area contributed by atoms with E-state index in [1.807, 2.05) is 11.0 Å². The molecule has 3 aliphatic rings. The summed E-state index contributed by atoms with van der Waals surface area (Å²) in [5, 5.41) is 9.35. The van der Waals surface area contributed by atoms with Crippen LogP contribution in [0.2, 0.25) is 0 Å². The molecule has 2 heterocycles. The highest BCUT2D eigenvalue weighted by molar-refractivity contribution is 6.07. The molecule has 1 N–H and O–H groups in total. The highest BCUT2D eigenvalue weighted by Gasteiger charge is 2.43. The second kappa shape index (κ2) is 10.2. The number of fused-ring (bicyclic) bond motifs is 1. The summed E-state index contributed by atoms with van der Waals surface area (Å²) in [4.78, 5) is 35.0. The molecule has 178 valence electrons. The van der Waals surface area contributed by atoms with Crippen molar-refractivity contribution in [3.8, 4) is 6.07 Å². The molecule has 7 nitrogen and oxygen atoms in total. The number of nitrogens with zero attached hydrogens (tertiary/aromatic N) is 3. The van der Waals surface area contributed by atoms with Gasteiger partial charge in [-0.2, -0.15) is 5.26 Å². The third-order valence-electron chi connectivity index (χ3n) is 8.00. The summed E-state index contributed by atoms with van der Waals surface area (Å²) in [6, 6.07) is 8.36. The van der Waals surface area contributed by atoms with Crippen LogP contribution in [0.1, 0.15) is 75.8 Å². The van der Waals surface area contributed by atoms with Crippen LogP contribution in [-0.4, -0.2) is 49.0 Å². The predicted octanol–water partition coefficient (Wildman–Crippen LogP) is 3.74. The molecule has 0 aromatic heterocycles. The van der Waals surface area contributed by atoms with E-state index in [0.717, 1.165) is 49.0 Å². The van der Waals surface area contributed by atoms with Crippen LogP contribution in [0.3, 0.4) is 0 Å². The maximum Gasteiger partial charge on any atom is 0.244 e. The van der Waals surface area contributed by atoms with Crippen LogP contribution >= 0.6 is 0 Å². The minimum absolute atomic E-state index is 0.0169. The first-order valence-corrected chi connectivity index (χ1v) is 12.4. The lowest BCUT2D eigenvalue weighted by atomic mass is 9.79. The van der Waals surface area contributed by atoms with Crippen LogP contribution in [0, 0.1) is 23.2 Å². The Morgan fingerprint density at radius 3 is 2.45 bits per heavy atom. The monoisotopic (exact) mass is 452 g/mol. The van der Waals surface area contributed by atoms with Gasteiger partial charge in [0.2, 0.25) is 11.8 Å². The number of hydroxylamine groups is 1. The van der Waals surface area contributed by atoms with Gasteiger partial charge in [0, 0.05) is 37.3 Å². The fourth-order valence-electron chi connectivity index (χ4n) is 6.10. The molecule has 1 unspecified atom stereocenters. The van der Waals surface area contributed by atoms with Crippen molar-refractivity contribution < 1.29 is 14.4 Å². The molecule has 4 rings (SSSR count). The number of carbonyl (C=O) groups excluding carboxylic acids is 2. The van der Waals surface area contributed by atoms with Crippen molar-refractivity contribution in [3.05, 3.63) is 29.3 Å². The lowest BCUT2D eigenvalue weighted by Crippen LogP contribution is -2.50. The van der Waals surface area contributed by atoms with E-state index in [9.17, 15) is 14.9 Å². The Morgan fingerprint density at radius 1 is 1.15 bits per heavy atom. The zero-order valence-electron chi connectivity index (χ0n) is 20.0. The van der Waals surface area contributed by atoms with Gasteiger partial charge in [0.1, 0.15) is 0 Å². The summed E-state index contributed by atoms with van der Waals surface area (Å²) in [6.45, 7) is 6.69. The van der Waals surface area contributed by atoms with Gasteiger partial charge >= 0.3 is 0 Å². The van der Waals surface area contributed by atoms with Crippen molar-refractivity contribution in [2.24, 2.45) is 11.8 Å². The first kappa shape index (κ1) is 23.7. The van der Waals surface area contributed by atoms with E-state index in [1.54, 1.807) is 12.1 Å². The van der Waals surface area contributed by atoms with Crippen molar-refractivity contribution >= 4 is 17.5 Å². The number of nitriles is 1. The molecule has 1 saturated carbocycles. The lowest BCUT2D eigenvalue weighted by Gasteiger charge is -2.43. The SMILES string of the molecule is CONC(=O)CC1C(=O)N(C2CCN([C@H]3CC[C@@H](C(C)C)CC3)CC2)c2ccc(C#N)cc21. The summed E-state index contributed by atoms with van der Waals surface area (Å²) in [6.07, 6.45) is 7.11. The van der Waals surface area contributed by atoms with Crippen molar-refractivity contribution in [1.82, 2.24) is 10.4 Å². The molecular formula is C26H36N4O3. The fraction of sp³-hybridized carbons (Fsp3) is 0.654. The zero-order chi connectivity index (χ0) is 23.5. The molecule has 0 spiro atoms. The topological polar surface area (TPSA) is 85.7 Å². The number of piperidine rings is 1. The predicted molar refractivity (Wildman–Crippen MR) is 126 cm³/mol. The van der Waals surface area contributed by atoms with Crippen LogP contribution in [0.25, 0.3) is 0 Å². The Hall–Kier alpha value is -2.43. The summed E-state index contributed by atoms with van der Waals surface area (Å²) in [5.74, 6) is 0.689. The molecule has 1 aromatic rings. The summed E-state index contributed by atoms with van der Waals surface area (Å²) in [7, 11) is 1.38. The molecule has 1 aliphatic carbocycles. The molecule has 2 fully saturated rings. The van der Waals surface area contributed by atoms with Crippen molar-refractivity contribution in [2.75, 3.05) is 25.1 Å². The molecule has 2 aliphatic heterocycles. The third-order valence-corrected chi connectivity index (χ3v) is 8.00. The second-order valence-electron chi connectivity index (χ2n) is 10.2. The van der Waals surface area contributed by atoms with Gasteiger partial charge < -0.3 is 9.80 Å². The Kier molecular flexibility index (Phi) is 7.35. The minimum Gasteiger partial charge on any atom is -0.308 e. The smallest absolute Gasteiger partial charge is 0.244 e. The van der Waals surface area contributed by atoms with Gasteiger partial charge in [0.15, 0.2) is 0 Å². The van der Waals surface area contributed by atoms with Crippen molar-refractivity contribution in [3.63, 3.8) is 0 Å². The van der Waals surface area contributed by atoms with E-state index in [0.29, 0.717) is 11.6 Å². The number of amides is 2. The Bertz CT molecular complexity index is 909. The number of hydrogen-bond donors (Lipinski definition) is 1. The van der Waals surface area contributed by atoms with Crippen LogP contribution in [0.5, 0.6) is 0 Å². The van der Waals surface area contributed by atoms with E-state index in [4.69, 9.17) is 4.84 Å². The quantitative estimate of drug-likeness (QED) is 0.665. The van der Waals surface area contributed by atoms with Gasteiger partial charge in [-0.3, -0.25) is 14.4 Å². The Balaban J connectivity index is 1.44. The van der Waals surface area contributed by atoms with Gasteiger partial charge in [0.25, 0.3) is 0 Å². The Labute approximate surface area is 197 Å². The number of likely N-dealkylation sites (tertiary alicyclic amines) is 1. The number of rotatable bonds is 6. The van der Waals surface area contributed by atoms with Gasteiger partial charge in [-0.1, -0.05) is 13.8 Å². The highest BCUT2D eigenvalue weighted by Crippen LogP contribution is 2.43. The van der Waals surface area contributed by atoms with E-state index < -0.39 is 5.92 Å². The average molecular weight is 453 g/mol. The lowest BCUT2D eigenvalue weighted by molar-refractivity contribution is -0.133. The van der Waals surface area contributed by atoms with Crippen LogP contribution < -0.4 is 10.4 Å². The molecule has 33 heavy (non-hydrogen) atoms. The maximum atomic E-state index is 13.5. The average Bonchev–Trinajstić information content (AvgIpc) is 3.09. The molecule has 0 radical (unpaired) electrons. The normalized spacial score (nSPS) is 26.3. The number of nitrogens with one attached hydrogen (secondary N) is 1. The van der Waals surface area contributed by atoms with Crippen molar-refractivity contribution in [1.29, 1.82) is 5.26 Å². The number of carbonyl (C=O) groups is 2. The molecule has 1 aromatic carbocycles. The maximum absolute atomic E-state index is 13.5. The van der Waals surface area contributed by atoms with Gasteiger partial charge in [0.05, 0.1) is 24.7 Å². The van der Waals surface area contributed by atoms with E-state index >= 15 is 0 Å². The van der Waals surface area contributed by atoms with Gasteiger partial charge in [-0.25, -0.2) is 5.48 Å². The fourth-order valence-corrected chi connectivity index (χ4v) is 6.10. The first-order chi connectivity index (χ1) is 15.9. The van der Waals surface area contributed by atoms with Crippen LogP contribution in [0.4, 0.5) is 5.69 Å². The highest BCUT2D eigenvalue weighted by atomic mass is 16.6. The summed E-state index contributed by atoms with van der Waals surface area (Å²) >= 11 is 0. The van der Waals surface area contributed by atoms with Gasteiger partial charge in [-0.05, 0) is 74.1 Å². The molecule has 7 heteroatoms. The molecule has 1 saturated heterocycles. The molecule has 2 amide bonds. The van der Waals surface area contributed by atoms with E-state index in [2.05, 4.69) is 30.3 Å². The van der Waals surface area contributed by atoms with Crippen LogP contribution in [-0.2, 0) is 14.4 Å². The second-order valence-corrected chi connectivity index (χ2v) is 10.2. The molecular weight excluding hydrogens is 416 g/mol. The van der Waals surface area contributed by atoms with Crippen molar-refractivity contribution in [2.45, 2.75) is 76.8 Å². The number of anilines is 1. The minimum atomic E-state index is -0.576. The number of hydrogen-bond acceptors (Lipinski definition) is 5. The summed E-state index contributed by atoms with van der Waals surface area (Å²) < 4.78 is 0. The Morgan fingerprint density at radius 2 is 1.85 bits per heavy atom. The molecule has 0 bridgehead atoms. The zero-order valence-corrected chi connectivity index (χ0v) is 20.0. The van der Waals surface area contributed by atoms with E-state index in [1.165, 1.54) is 32.8 Å². The van der Waals surface area contributed by atoms with Crippen LogP contribution in [0.15, 0.2) is 18.2 Å². The summed E-state index contributed by atoms with van der Waals surface area (Å²) in [5.41, 5.74) is 4.45. The molecule has 1 atom stereocenters. The van der Waals surface area contributed by atoms with Gasteiger partial charge in [-0.15, -0.1) is 0 Å². The van der Waals surface area contributed by atoms with E-state index in [-0.39, 0.29) is 24.3 Å². The number of benzene rings is 1. The standard InChI is InChI=1S/C26H36N4O3/c1-17(2)19-5-7-20(8-6-19)29-12-10-21(11-13-29)30-24-9-4-18(16-27)14-22(24)23(26(30)32)15-25(31)28-33-3/h4,9,14,17,19-21,23H,5-8,10-13,15H2,1-3H3,(H,28,31)/t19-,20+,23?. The third kappa shape index (κ3) is 4.92. The first-order valence-electron chi connectivity index (χ1n) is 12.4. The largest absolute Gasteiger partial charge is 0.308 e.